The van der Waals surface area contributed by atoms with Crippen LogP contribution in [0.3, 0.4) is 0 Å². The van der Waals surface area contributed by atoms with Gasteiger partial charge in [0.1, 0.15) is 10.2 Å². The third-order valence-electron chi connectivity index (χ3n) is 3.08. The first-order valence-electron chi connectivity index (χ1n) is 6.79. The van der Waals surface area contributed by atoms with Gasteiger partial charge in [-0.05, 0) is 29.8 Å². The number of carbonyl (C=O) groups excluding carboxylic acids is 1. The van der Waals surface area contributed by atoms with Crippen LogP contribution in [-0.4, -0.2) is 16.0 Å². The summed E-state index contributed by atoms with van der Waals surface area (Å²) in [5, 5.41) is 2.90. The smallest absolute Gasteiger partial charge is 0.234 e. The highest BCUT2D eigenvalue weighted by Gasteiger charge is 2.14. The van der Waals surface area contributed by atoms with Crippen molar-refractivity contribution < 1.29 is 9.18 Å². The predicted octanol–water partition coefficient (Wildman–Crippen LogP) is 5.09. The van der Waals surface area contributed by atoms with Gasteiger partial charge in [0.15, 0.2) is 0 Å². The van der Waals surface area contributed by atoms with Crippen molar-refractivity contribution in [1.29, 1.82) is 0 Å². The lowest BCUT2D eigenvalue weighted by atomic mass is 10.2. The number of fused-ring (bicyclic) bond motifs is 1. The number of benzene rings is 2. The molecule has 0 aromatic heterocycles. The Kier molecular flexibility index (Phi) is 5.25. The average Bonchev–Trinajstić information content (AvgIpc) is 2.56. The van der Waals surface area contributed by atoms with Crippen molar-refractivity contribution in [3.05, 3.63) is 58.9 Å². The minimum absolute atomic E-state index is 0.0895. The maximum atomic E-state index is 13.6. The molecule has 1 aliphatic heterocycles. The molecule has 0 aliphatic carbocycles. The zero-order chi connectivity index (χ0) is 16.2. The fourth-order valence-corrected chi connectivity index (χ4v) is 4.03. The maximum Gasteiger partial charge on any atom is 0.234 e. The molecule has 1 N–H and O–H groups in total. The zero-order valence-corrected chi connectivity index (χ0v) is 14.3. The molecule has 0 fully saturated rings. The molecular weight excluding hydrogens is 355 g/mol. The van der Waals surface area contributed by atoms with E-state index in [2.05, 4.69) is 10.3 Å². The number of nitrogens with zero attached hydrogens (tertiary/aromatic N) is 1. The van der Waals surface area contributed by atoms with Crippen molar-refractivity contribution in [2.24, 2.45) is 4.99 Å². The molecule has 0 saturated heterocycles. The van der Waals surface area contributed by atoms with Crippen molar-refractivity contribution in [3.8, 4) is 0 Å². The third-order valence-corrected chi connectivity index (χ3v) is 5.56. The number of amides is 1. The van der Waals surface area contributed by atoms with Gasteiger partial charge in [-0.2, -0.15) is 0 Å². The number of hydrogen-bond acceptors (Lipinski definition) is 4. The second-order valence-corrected chi connectivity index (χ2v) is 7.38. The van der Waals surface area contributed by atoms with Crippen LogP contribution in [0.1, 0.15) is 5.56 Å². The molecule has 0 saturated carbocycles. The normalized spacial score (nSPS) is 13.2. The van der Waals surface area contributed by atoms with Crippen LogP contribution in [0.25, 0.3) is 0 Å². The summed E-state index contributed by atoms with van der Waals surface area (Å²) >= 11 is 8.74. The number of para-hydroxylation sites is 1. The van der Waals surface area contributed by atoms with Crippen LogP contribution in [0.4, 0.5) is 15.8 Å². The van der Waals surface area contributed by atoms with Gasteiger partial charge in [0.25, 0.3) is 0 Å². The van der Waals surface area contributed by atoms with Crippen molar-refractivity contribution in [2.75, 3.05) is 11.1 Å². The van der Waals surface area contributed by atoms with Gasteiger partial charge < -0.3 is 5.32 Å². The monoisotopic (exact) mass is 366 g/mol. The van der Waals surface area contributed by atoms with Gasteiger partial charge in [-0.1, -0.05) is 53.3 Å². The highest BCUT2D eigenvalue weighted by molar-refractivity contribution is 8.38. The van der Waals surface area contributed by atoms with Crippen molar-refractivity contribution in [1.82, 2.24) is 0 Å². The van der Waals surface area contributed by atoms with Crippen LogP contribution in [0, 0.1) is 5.82 Å². The number of carbonyl (C=O) groups is 1. The number of nitrogens with one attached hydrogen (secondary N) is 1. The van der Waals surface area contributed by atoms with Crippen LogP contribution < -0.4 is 5.32 Å². The van der Waals surface area contributed by atoms with Crippen molar-refractivity contribution in [3.63, 3.8) is 0 Å². The van der Waals surface area contributed by atoms with Gasteiger partial charge in [0.05, 0.1) is 17.1 Å². The molecule has 0 spiro atoms. The Hall–Kier alpha value is -1.50. The van der Waals surface area contributed by atoms with E-state index in [1.807, 2.05) is 24.3 Å². The minimum atomic E-state index is -0.508. The molecule has 118 valence electrons. The fourth-order valence-electron chi connectivity index (χ4n) is 1.99. The van der Waals surface area contributed by atoms with Crippen LogP contribution in [0.15, 0.2) is 47.5 Å². The minimum Gasteiger partial charge on any atom is -0.323 e. The van der Waals surface area contributed by atoms with Crippen molar-refractivity contribution in [2.45, 2.75) is 5.75 Å². The molecule has 0 atom stereocenters. The van der Waals surface area contributed by atoms with E-state index in [4.69, 9.17) is 11.6 Å². The van der Waals surface area contributed by atoms with E-state index < -0.39 is 5.82 Å². The molecule has 0 bridgehead atoms. The first kappa shape index (κ1) is 16.4. The Morgan fingerprint density at radius 1 is 1.35 bits per heavy atom. The number of thioether (sulfide) groups is 2. The Labute approximate surface area is 146 Å². The van der Waals surface area contributed by atoms with Crippen LogP contribution >= 0.6 is 35.1 Å². The van der Waals surface area contributed by atoms with E-state index >= 15 is 0 Å². The molecule has 23 heavy (non-hydrogen) atoms. The standard InChI is InChI=1S/C16H12ClFN2OS2/c17-11-5-6-12(18)14(7-11)19-15(21)9-23-16-20-13-4-2-1-3-10(13)8-22-16/h1-7H,8-9H2,(H,19,21). The van der Waals surface area contributed by atoms with Crippen LogP contribution in [0.5, 0.6) is 0 Å². The molecule has 0 radical (unpaired) electrons. The highest BCUT2D eigenvalue weighted by Crippen LogP contribution is 2.34. The summed E-state index contributed by atoms with van der Waals surface area (Å²) in [5.74, 6) is 0.205. The molecular formula is C16H12ClFN2OS2. The molecule has 2 aromatic rings. The summed E-state index contributed by atoms with van der Waals surface area (Å²) in [7, 11) is 0. The molecule has 3 rings (SSSR count). The first-order valence-corrected chi connectivity index (χ1v) is 9.14. The molecule has 0 unspecified atom stereocenters. The Balaban J connectivity index is 1.60. The third kappa shape index (κ3) is 4.28. The Morgan fingerprint density at radius 3 is 3.04 bits per heavy atom. The SMILES string of the molecule is O=C(CSC1=Nc2ccccc2CS1)Nc1cc(Cl)ccc1F. The lowest BCUT2D eigenvalue weighted by Crippen LogP contribution is -2.16. The molecule has 7 heteroatoms. The van der Waals surface area contributed by atoms with Gasteiger partial charge in [0.2, 0.25) is 5.91 Å². The zero-order valence-electron chi connectivity index (χ0n) is 11.9. The van der Waals surface area contributed by atoms with Gasteiger partial charge in [-0.15, -0.1) is 0 Å². The largest absolute Gasteiger partial charge is 0.323 e. The topological polar surface area (TPSA) is 41.5 Å². The molecule has 1 aliphatic rings. The molecule has 3 nitrogen and oxygen atoms in total. The molecule has 2 aromatic carbocycles. The number of halogens is 2. The van der Waals surface area contributed by atoms with E-state index in [1.165, 1.54) is 35.5 Å². The van der Waals surface area contributed by atoms with Crippen LogP contribution in [-0.2, 0) is 10.5 Å². The summed E-state index contributed by atoms with van der Waals surface area (Å²) in [6.07, 6.45) is 0. The second kappa shape index (κ2) is 7.38. The predicted molar refractivity (Wildman–Crippen MR) is 97.3 cm³/mol. The Morgan fingerprint density at radius 2 is 2.17 bits per heavy atom. The maximum absolute atomic E-state index is 13.6. The molecule has 1 heterocycles. The van der Waals surface area contributed by atoms with Gasteiger partial charge in [0, 0.05) is 10.8 Å². The van der Waals surface area contributed by atoms with E-state index in [9.17, 15) is 9.18 Å². The summed E-state index contributed by atoms with van der Waals surface area (Å²) in [6, 6.07) is 12.0. The summed E-state index contributed by atoms with van der Waals surface area (Å²) < 4.78 is 14.4. The van der Waals surface area contributed by atoms with E-state index in [0.717, 1.165) is 15.8 Å². The van der Waals surface area contributed by atoms with Crippen molar-refractivity contribution >= 4 is 56.8 Å². The number of aliphatic imine (C=N–C) groups is 1. The summed E-state index contributed by atoms with van der Waals surface area (Å²) in [5.41, 5.74) is 2.22. The number of hydrogen-bond donors (Lipinski definition) is 1. The average molecular weight is 367 g/mol. The van der Waals surface area contributed by atoms with Gasteiger partial charge >= 0.3 is 0 Å². The lowest BCUT2D eigenvalue weighted by molar-refractivity contribution is -0.113. The van der Waals surface area contributed by atoms with Crippen LogP contribution in [0.2, 0.25) is 5.02 Å². The fraction of sp³-hybridized carbons (Fsp3) is 0.125. The lowest BCUT2D eigenvalue weighted by Gasteiger charge is -2.14. The quantitative estimate of drug-likeness (QED) is 0.823. The van der Waals surface area contributed by atoms with Gasteiger partial charge in [-0.3, -0.25) is 4.79 Å². The number of rotatable bonds is 3. The highest BCUT2D eigenvalue weighted by atomic mass is 35.5. The van der Waals surface area contributed by atoms with E-state index in [-0.39, 0.29) is 17.3 Å². The summed E-state index contributed by atoms with van der Waals surface area (Å²) in [6.45, 7) is 0. The second-order valence-electron chi connectivity index (χ2n) is 4.76. The van der Waals surface area contributed by atoms with E-state index in [0.29, 0.717) is 5.02 Å². The Bertz CT molecular complexity index is 782. The first-order chi connectivity index (χ1) is 11.1. The van der Waals surface area contributed by atoms with E-state index in [1.54, 1.807) is 11.8 Å². The number of anilines is 1. The van der Waals surface area contributed by atoms with Gasteiger partial charge in [-0.25, -0.2) is 9.38 Å². The summed E-state index contributed by atoms with van der Waals surface area (Å²) in [4.78, 5) is 16.5. The molecule has 1 amide bonds.